The van der Waals surface area contributed by atoms with Crippen LogP contribution in [0.2, 0.25) is 0 Å². The van der Waals surface area contributed by atoms with Gasteiger partial charge in [0.05, 0.1) is 11.7 Å². The molecule has 0 aliphatic rings. The van der Waals surface area contributed by atoms with Crippen LogP contribution in [-0.4, -0.2) is 5.78 Å². The zero-order chi connectivity index (χ0) is 12.5. The second kappa shape index (κ2) is 4.17. The summed E-state index contributed by atoms with van der Waals surface area (Å²) < 4.78 is 17.9. The van der Waals surface area contributed by atoms with Crippen molar-refractivity contribution >= 4 is 5.78 Å². The molecule has 0 saturated carbocycles. The third-order valence-electron chi connectivity index (χ3n) is 2.88. The maximum absolute atomic E-state index is 12.8. The van der Waals surface area contributed by atoms with E-state index < -0.39 is 5.41 Å². The summed E-state index contributed by atoms with van der Waals surface area (Å²) in [4.78, 5) is 12.2. The topological polar surface area (TPSA) is 30.2 Å². The molecule has 0 fully saturated rings. The van der Waals surface area contributed by atoms with Gasteiger partial charge in [0.1, 0.15) is 5.82 Å². The van der Waals surface area contributed by atoms with Gasteiger partial charge in [-0.05, 0) is 43.7 Å². The first-order chi connectivity index (χ1) is 8.01. The molecule has 0 radical (unpaired) electrons. The molecule has 1 heterocycles. The molecule has 0 amide bonds. The lowest BCUT2D eigenvalue weighted by Crippen LogP contribution is -2.28. The SMILES string of the molecule is CC(C)(C(=O)c1ccco1)c1ccc(F)cc1. The van der Waals surface area contributed by atoms with Gasteiger partial charge in [-0.15, -0.1) is 0 Å². The number of carbonyl (C=O) groups is 1. The van der Waals surface area contributed by atoms with Crippen LogP contribution in [0.3, 0.4) is 0 Å². The molecule has 2 nitrogen and oxygen atoms in total. The van der Waals surface area contributed by atoms with Gasteiger partial charge in [0.25, 0.3) is 0 Å². The number of rotatable bonds is 3. The zero-order valence-corrected chi connectivity index (χ0v) is 9.74. The van der Waals surface area contributed by atoms with E-state index in [4.69, 9.17) is 4.42 Å². The molecule has 1 aromatic carbocycles. The number of benzene rings is 1. The van der Waals surface area contributed by atoms with Gasteiger partial charge in [-0.3, -0.25) is 4.79 Å². The standard InChI is InChI=1S/C14H13FO2/c1-14(2,10-5-7-11(15)8-6-10)13(16)12-4-3-9-17-12/h3-9H,1-2H3. The predicted octanol–water partition coefficient (Wildman–Crippen LogP) is 3.58. The molecule has 88 valence electrons. The lowest BCUT2D eigenvalue weighted by molar-refractivity contribution is 0.0880. The van der Waals surface area contributed by atoms with Gasteiger partial charge >= 0.3 is 0 Å². The first-order valence-electron chi connectivity index (χ1n) is 5.36. The van der Waals surface area contributed by atoms with Crippen LogP contribution in [-0.2, 0) is 5.41 Å². The van der Waals surface area contributed by atoms with Crippen molar-refractivity contribution in [3.63, 3.8) is 0 Å². The third-order valence-corrected chi connectivity index (χ3v) is 2.88. The first kappa shape index (κ1) is 11.6. The van der Waals surface area contributed by atoms with E-state index in [0.29, 0.717) is 5.76 Å². The Hall–Kier alpha value is -1.90. The molecule has 0 N–H and O–H groups in total. The Morgan fingerprint density at radius 1 is 1.18 bits per heavy atom. The average molecular weight is 232 g/mol. The third kappa shape index (κ3) is 2.13. The predicted molar refractivity (Wildman–Crippen MR) is 62.5 cm³/mol. The van der Waals surface area contributed by atoms with Crippen LogP contribution < -0.4 is 0 Å². The molecule has 1 aromatic heterocycles. The van der Waals surface area contributed by atoms with Gasteiger partial charge in [-0.2, -0.15) is 0 Å². The molecular formula is C14H13FO2. The number of ketones is 1. The number of Topliss-reactive ketones (excluding diaryl/α,β-unsaturated/α-hetero) is 1. The minimum Gasteiger partial charge on any atom is -0.461 e. The summed E-state index contributed by atoms with van der Waals surface area (Å²) in [6.45, 7) is 3.59. The van der Waals surface area contributed by atoms with Crippen molar-refractivity contribution in [2.24, 2.45) is 0 Å². The smallest absolute Gasteiger partial charge is 0.207 e. The van der Waals surface area contributed by atoms with E-state index in [-0.39, 0.29) is 11.6 Å². The van der Waals surface area contributed by atoms with Crippen molar-refractivity contribution in [3.05, 3.63) is 59.8 Å². The fourth-order valence-corrected chi connectivity index (χ4v) is 1.71. The summed E-state index contributed by atoms with van der Waals surface area (Å²) in [5, 5.41) is 0. The molecule has 0 atom stereocenters. The van der Waals surface area contributed by atoms with Crippen molar-refractivity contribution in [1.82, 2.24) is 0 Å². The van der Waals surface area contributed by atoms with Gasteiger partial charge in [0.2, 0.25) is 5.78 Å². The van der Waals surface area contributed by atoms with Crippen LogP contribution in [0.4, 0.5) is 4.39 Å². The summed E-state index contributed by atoms with van der Waals surface area (Å²) in [6, 6.07) is 9.26. The van der Waals surface area contributed by atoms with Gasteiger partial charge in [-0.25, -0.2) is 4.39 Å². The molecule has 3 heteroatoms. The minimum absolute atomic E-state index is 0.117. The summed E-state index contributed by atoms with van der Waals surface area (Å²) in [6.07, 6.45) is 1.47. The van der Waals surface area contributed by atoms with E-state index in [1.165, 1.54) is 18.4 Å². The quantitative estimate of drug-likeness (QED) is 0.757. The van der Waals surface area contributed by atoms with Gasteiger partial charge in [0, 0.05) is 0 Å². The van der Waals surface area contributed by atoms with Crippen molar-refractivity contribution < 1.29 is 13.6 Å². The number of furan rings is 1. The molecule has 2 rings (SSSR count). The number of carbonyl (C=O) groups excluding carboxylic acids is 1. The summed E-state index contributed by atoms with van der Waals surface area (Å²) in [5.74, 6) is -0.108. The lowest BCUT2D eigenvalue weighted by atomic mass is 9.80. The maximum Gasteiger partial charge on any atom is 0.207 e. The maximum atomic E-state index is 12.8. The van der Waals surface area contributed by atoms with Crippen LogP contribution >= 0.6 is 0 Å². The highest BCUT2D eigenvalue weighted by molar-refractivity contribution is 6.01. The molecule has 0 aliphatic carbocycles. The van der Waals surface area contributed by atoms with Gasteiger partial charge < -0.3 is 4.42 Å². The molecule has 2 aromatic rings. The fourth-order valence-electron chi connectivity index (χ4n) is 1.71. The summed E-state index contributed by atoms with van der Waals surface area (Å²) >= 11 is 0. The molecular weight excluding hydrogens is 219 g/mol. The largest absolute Gasteiger partial charge is 0.461 e. The van der Waals surface area contributed by atoms with E-state index >= 15 is 0 Å². The lowest BCUT2D eigenvalue weighted by Gasteiger charge is -2.22. The Balaban J connectivity index is 2.36. The van der Waals surface area contributed by atoms with Gasteiger partial charge in [0.15, 0.2) is 5.76 Å². The van der Waals surface area contributed by atoms with E-state index in [0.717, 1.165) is 5.56 Å². The molecule has 0 saturated heterocycles. The Bertz CT molecular complexity index is 510. The van der Waals surface area contributed by atoms with Crippen LogP contribution in [0.15, 0.2) is 47.1 Å². The van der Waals surface area contributed by atoms with E-state index in [1.807, 2.05) is 0 Å². The Morgan fingerprint density at radius 2 is 1.82 bits per heavy atom. The van der Waals surface area contributed by atoms with Crippen LogP contribution in [0.25, 0.3) is 0 Å². The Morgan fingerprint density at radius 3 is 2.35 bits per heavy atom. The molecule has 0 bridgehead atoms. The van der Waals surface area contributed by atoms with Crippen molar-refractivity contribution in [2.45, 2.75) is 19.3 Å². The number of hydrogen-bond acceptors (Lipinski definition) is 2. The van der Waals surface area contributed by atoms with Crippen molar-refractivity contribution in [3.8, 4) is 0 Å². The summed E-state index contributed by atoms with van der Waals surface area (Å²) in [7, 11) is 0. The molecule has 0 spiro atoms. The second-order valence-electron chi connectivity index (χ2n) is 4.44. The Labute approximate surface area is 99.1 Å². The van der Waals surface area contributed by atoms with Crippen LogP contribution in [0.5, 0.6) is 0 Å². The van der Waals surface area contributed by atoms with Gasteiger partial charge in [-0.1, -0.05) is 12.1 Å². The van der Waals surface area contributed by atoms with E-state index in [2.05, 4.69) is 0 Å². The second-order valence-corrected chi connectivity index (χ2v) is 4.44. The average Bonchev–Trinajstić information content (AvgIpc) is 2.82. The van der Waals surface area contributed by atoms with E-state index in [9.17, 15) is 9.18 Å². The highest BCUT2D eigenvalue weighted by atomic mass is 19.1. The normalized spacial score (nSPS) is 11.5. The van der Waals surface area contributed by atoms with E-state index in [1.54, 1.807) is 38.1 Å². The minimum atomic E-state index is -0.731. The fraction of sp³-hybridized carbons (Fsp3) is 0.214. The number of hydrogen-bond donors (Lipinski definition) is 0. The monoisotopic (exact) mass is 232 g/mol. The summed E-state index contributed by atoms with van der Waals surface area (Å²) in [5.41, 5.74) is 0.0336. The molecule has 0 unspecified atom stereocenters. The zero-order valence-electron chi connectivity index (χ0n) is 9.74. The molecule has 17 heavy (non-hydrogen) atoms. The van der Waals surface area contributed by atoms with Crippen LogP contribution in [0.1, 0.15) is 30.0 Å². The van der Waals surface area contributed by atoms with Crippen molar-refractivity contribution in [1.29, 1.82) is 0 Å². The Kier molecular flexibility index (Phi) is 2.84. The van der Waals surface area contributed by atoms with Crippen molar-refractivity contribution in [2.75, 3.05) is 0 Å². The first-order valence-corrected chi connectivity index (χ1v) is 5.36. The highest BCUT2D eigenvalue weighted by Crippen LogP contribution is 2.27. The number of halogens is 1. The molecule has 0 aliphatic heterocycles. The highest BCUT2D eigenvalue weighted by Gasteiger charge is 2.32. The van der Waals surface area contributed by atoms with Crippen LogP contribution in [0, 0.1) is 5.82 Å².